The van der Waals surface area contributed by atoms with Gasteiger partial charge in [0, 0.05) is 24.0 Å². The monoisotopic (exact) mass is 487 g/mol. The van der Waals surface area contributed by atoms with E-state index < -0.39 is 6.04 Å². The zero-order valence-corrected chi connectivity index (χ0v) is 20.9. The largest absolute Gasteiger partial charge is 0.497 e. The maximum Gasteiger partial charge on any atom is 0.277 e. The molecular formula is C29H33N3O4. The van der Waals surface area contributed by atoms with E-state index in [2.05, 4.69) is 10.3 Å². The molecular weight excluding hydrogens is 454 g/mol. The molecule has 1 heterocycles. The van der Waals surface area contributed by atoms with Crippen LogP contribution in [0.3, 0.4) is 0 Å². The van der Waals surface area contributed by atoms with E-state index in [1.807, 2.05) is 43.3 Å². The molecule has 2 aromatic carbocycles. The average molecular weight is 488 g/mol. The highest BCUT2D eigenvalue weighted by molar-refractivity contribution is 6.09. The third-order valence-corrected chi connectivity index (χ3v) is 6.38. The molecule has 1 aromatic heterocycles. The highest BCUT2D eigenvalue weighted by Gasteiger charge is 2.35. The van der Waals surface area contributed by atoms with Gasteiger partial charge in [-0.3, -0.25) is 19.5 Å². The van der Waals surface area contributed by atoms with Gasteiger partial charge in [-0.05, 0) is 61.7 Å². The number of nitrogens with zero attached hydrogens (tertiary/aromatic N) is 2. The normalized spacial score (nSPS) is 14.5. The van der Waals surface area contributed by atoms with E-state index in [0.717, 1.165) is 25.7 Å². The van der Waals surface area contributed by atoms with Crippen LogP contribution in [-0.4, -0.2) is 36.6 Å². The molecule has 1 aliphatic carbocycles. The predicted octanol–water partition coefficient (Wildman–Crippen LogP) is 5.33. The minimum Gasteiger partial charge on any atom is -0.497 e. The van der Waals surface area contributed by atoms with E-state index in [-0.39, 0.29) is 23.6 Å². The van der Waals surface area contributed by atoms with Crippen LogP contribution in [0.15, 0.2) is 72.9 Å². The second-order valence-electron chi connectivity index (χ2n) is 8.84. The van der Waals surface area contributed by atoms with Crippen LogP contribution in [0.4, 0.5) is 5.69 Å². The lowest BCUT2D eigenvalue weighted by Crippen LogP contribution is -2.47. The molecule has 0 unspecified atom stereocenters. The molecule has 2 amide bonds. The predicted molar refractivity (Wildman–Crippen MR) is 139 cm³/mol. The molecule has 1 fully saturated rings. The summed E-state index contributed by atoms with van der Waals surface area (Å²) < 4.78 is 11.2. The Bertz CT molecular complexity index is 1160. The van der Waals surface area contributed by atoms with Crippen molar-refractivity contribution in [2.24, 2.45) is 0 Å². The van der Waals surface area contributed by atoms with Crippen molar-refractivity contribution < 1.29 is 19.1 Å². The van der Waals surface area contributed by atoms with Gasteiger partial charge in [-0.1, -0.05) is 43.5 Å². The molecule has 0 saturated heterocycles. The van der Waals surface area contributed by atoms with Gasteiger partial charge in [0.15, 0.2) is 0 Å². The van der Waals surface area contributed by atoms with Gasteiger partial charge in [0.2, 0.25) is 5.91 Å². The zero-order valence-electron chi connectivity index (χ0n) is 20.9. The molecule has 1 N–H and O–H groups in total. The number of aromatic nitrogens is 1. The Morgan fingerprint density at radius 1 is 1.00 bits per heavy atom. The van der Waals surface area contributed by atoms with E-state index in [1.54, 1.807) is 43.6 Å². The molecule has 36 heavy (non-hydrogen) atoms. The van der Waals surface area contributed by atoms with Crippen molar-refractivity contribution in [2.45, 2.75) is 51.1 Å². The van der Waals surface area contributed by atoms with Gasteiger partial charge in [-0.2, -0.15) is 0 Å². The van der Waals surface area contributed by atoms with Crippen molar-refractivity contribution in [1.82, 2.24) is 10.3 Å². The van der Waals surface area contributed by atoms with Crippen LogP contribution >= 0.6 is 0 Å². The fraction of sp³-hybridized carbons (Fsp3) is 0.345. The Hall–Kier alpha value is -3.87. The lowest BCUT2D eigenvalue weighted by Gasteiger charge is -2.33. The summed E-state index contributed by atoms with van der Waals surface area (Å²) in [6.07, 6.45) is 6.80. The third kappa shape index (κ3) is 6.03. The van der Waals surface area contributed by atoms with Gasteiger partial charge in [0.05, 0.1) is 13.7 Å². The van der Waals surface area contributed by atoms with Crippen molar-refractivity contribution in [1.29, 1.82) is 0 Å². The third-order valence-electron chi connectivity index (χ3n) is 6.38. The van der Waals surface area contributed by atoms with Gasteiger partial charge in [-0.15, -0.1) is 0 Å². The summed E-state index contributed by atoms with van der Waals surface area (Å²) in [4.78, 5) is 33.8. The van der Waals surface area contributed by atoms with E-state index in [4.69, 9.17) is 9.47 Å². The summed E-state index contributed by atoms with van der Waals surface area (Å²) in [7, 11) is 1.58. The zero-order chi connectivity index (χ0) is 25.3. The van der Waals surface area contributed by atoms with Crippen molar-refractivity contribution in [3.63, 3.8) is 0 Å². The minimum absolute atomic E-state index is 0.0842. The Morgan fingerprint density at radius 3 is 2.50 bits per heavy atom. The number of methoxy groups -OCH3 is 1. The van der Waals surface area contributed by atoms with Crippen molar-refractivity contribution in [3.8, 4) is 11.5 Å². The summed E-state index contributed by atoms with van der Waals surface area (Å²) in [6.45, 7) is 2.39. The minimum atomic E-state index is -0.937. The number of anilines is 1. The van der Waals surface area contributed by atoms with E-state index >= 15 is 0 Å². The maximum atomic E-state index is 14.0. The number of hydrogen-bond donors (Lipinski definition) is 1. The molecule has 1 saturated carbocycles. The van der Waals surface area contributed by atoms with E-state index in [9.17, 15) is 9.59 Å². The van der Waals surface area contributed by atoms with Crippen molar-refractivity contribution in [2.75, 3.05) is 18.6 Å². The standard InChI is InChI=1S/C29H33N3O4/c1-3-36-25-16-10-14-23(20-25)32(29(34)26-17-7-8-18-30-26)27(21-11-9-15-24(19-21)35-2)28(33)31-22-12-5-4-6-13-22/h7-11,14-20,22,27H,3-6,12-13H2,1-2H3,(H,31,33)/t27-/m1/s1. The van der Waals surface area contributed by atoms with Gasteiger partial charge in [0.1, 0.15) is 23.2 Å². The van der Waals surface area contributed by atoms with E-state index in [0.29, 0.717) is 29.4 Å². The fourth-order valence-corrected chi connectivity index (χ4v) is 4.64. The number of ether oxygens (including phenoxy) is 2. The first-order valence-corrected chi connectivity index (χ1v) is 12.5. The van der Waals surface area contributed by atoms with Crippen LogP contribution in [0.2, 0.25) is 0 Å². The second kappa shape index (κ2) is 12.2. The SMILES string of the molecule is CCOc1cccc(N(C(=O)c2ccccn2)[C@@H](C(=O)NC2CCCCC2)c2cccc(OC)c2)c1. The first-order chi connectivity index (χ1) is 17.6. The topological polar surface area (TPSA) is 80.8 Å². The van der Waals surface area contributed by atoms with Gasteiger partial charge in [0.25, 0.3) is 5.91 Å². The smallest absolute Gasteiger partial charge is 0.277 e. The quantitative estimate of drug-likeness (QED) is 0.442. The molecule has 7 nitrogen and oxygen atoms in total. The van der Waals surface area contributed by atoms with Crippen molar-refractivity contribution in [3.05, 3.63) is 84.2 Å². The lowest BCUT2D eigenvalue weighted by atomic mass is 9.94. The fourth-order valence-electron chi connectivity index (χ4n) is 4.64. The highest BCUT2D eigenvalue weighted by Crippen LogP contribution is 2.33. The molecule has 0 radical (unpaired) electrons. The molecule has 0 aliphatic heterocycles. The van der Waals surface area contributed by atoms with Crippen LogP contribution in [0.1, 0.15) is 61.1 Å². The number of rotatable bonds is 9. The maximum absolute atomic E-state index is 14.0. The number of nitrogens with one attached hydrogen (secondary N) is 1. The lowest BCUT2D eigenvalue weighted by molar-refractivity contribution is -0.123. The molecule has 0 spiro atoms. The molecule has 0 bridgehead atoms. The van der Waals surface area contributed by atoms with Gasteiger partial charge in [-0.25, -0.2) is 0 Å². The summed E-state index contributed by atoms with van der Waals surface area (Å²) in [5.41, 5.74) is 1.44. The number of benzene rings is 2. The van der Waals surface area contributed by atoms with Crippen molar-refractivity contribution >= 4 is 17.5 Å². The summed E-state index contributed by atoms with van der Waals surface area (Å²) in [5.74, 6) is 0.610. The van der Waals surface area contributed by atoms with Crippen LogP contribution in [-0.2, 0) is 4.79 Å². The molecule has 1 atom stereocenters. The molecule has 4 rings (SSSR count). The van der Waals surface area contributed by atoms with Crippen LogP contribution in [0, 0.1) is 0 Å². The first-order valence-electron chi connectivity index (χ1n) is 12.5. The molecule has 1 aliphatic rings. The Balaban J connectivity index is 1.83. The summed E-state index contributed by atoms with van der Waals surface area (Å²) in [5, 5.41) is 3.23. The van der Waals surface area contributed by atoms with E-state index in [1.165, 1.54) is 11.3 Å². The van der Waals surface area contributed by atoms with Gasteiger partial charge >= 0.3 is 0 Å². The molecule has 188 valence electrons. The Kier molecular flexibility index (Phi) is 8.55. The number of pyridine rings is 1. The van der Waals surface area contributed by atoms with Crippen LogP contribution in [0.25, 0.3) is 0 Å². The second-order valence-corrected chi connectivity index (χ2v) is 8.84. The van der Waals surface area contributed by atoms with Gasteiger partial charge < -0.3 is 14.8 Å². The van der Waals surface area contributed by atoms with Crippen LogP contribution < -0.4 is 19.7 Å². The van der Waals surface area contributed by atoms with Crippen LogP contribution in [0.5, 0.6) is 11.5 Å². The molecule has 3 aromatic rings. The average Bonchev–Trinajstić information content (AvgIpc) is 2.92. The Labute approximate surface area is 212 Å². The highest BCUT2D eigenvalue weighted by atomic mass is 16.5. The number of hydrogen-bond acceptors (Lipinski definition) is 5. The molecule has 7 heteroatoms. The Morgan fingerprint density at radius 2 is 1.78 bits per heavy atom. The number of amides is 2. The number of carbonyl (C=O) groups excluding carboxylic acids is 2. The first kappa shape index (κ1) is 25.2. The summed E-state index contributed by atoms with van der Waals surface area (Å²) >= 11 is 0. The summed E-state index contributed by atoms with van der Waals surface area (Å²) in [6, 6.07) is 18.9. The number of carbonyl (C=O) groups is 2.